The molecule has 0 spiro atoms. The molecule has 2 aliphatic heterocycles. The van der Waals surface area contributed by atoms with Gasteiger partial charge in [0.2, 0.25) is 5.91 Å². The molecule has 172 valence electrons. The van der Waals surface area contributed by atoms with Gasteiger partial charge in [0.15, 0.2) is 0 Å². The van der Waals surface area contributed by atoms with E-state index in [1.807, 2.05) is 30.9 Å². The fraction of sp³-hybridized carbons (Fsp3) is 0.619. The summed E-state index contributed by atoms with van der Waals surface area (Å²) in [5.41, 5.74) is 2.67. The van der Waals surface area contributed by atoms with Gasteiger partial charge in [-0.2, -0.15) is 17.0 Å². The van der Waals surface area contributed by atoms with E-state index in [9.17, 15) is 18.0 Å². The number of hydrogen-bond acceptors (Lipinski definition) is 5. The monoisotopic (exact) mass is 451 g/mol. The lowest BCUT2D eigenvalue weighted by molar-refractivity contribution is -0.121. The van der Waals surface area contributed by atoms with Gasteiger partial charge >= 0.3 is 6.03 Å². The molecule has 0 atom stereocenters. The van der Waals surface area contributed by atoms with Gasteiger partial charge in [-0.15, -0.1) is 0 Å². The minimum Gasteiger partial charge on any atom is -0.307 e. The quantitative estimate of drug-likeness (QED) is 0.709. The van der Waals surface area contributed by atoms with Gasteiger partial charge in [-0.25, -0.2) is 4.79 Å². The lowest BCUT2D eigenvalue weighted by Gasteiger charge is -2.36. The van der Waals surface area contributed by atoms with Gasteiger partial charge in [0, 0.05) is 45.0 Å². The number of hydrogen-bond donors (Lipinski definition) is 2. The molecular formula is C21H33N5O4S. The first kappa shape index (κ1) is 23.6. The van der Waals surface area contributed by atoms with Gasteiger partial charge in [-0.3, -0.25) is 15.0 Å². The molecule has 3 rings (SSSR count). The Bertz CT molecular complexity index is 889. The van der Waals surface area contributed by atoms with Crippen molar-refractivity contribution >= 4 is 27.8 Å². The summed E-state index contributed by atoms with van der Waals surface area (Å²) in [5.74, 6) is -0.411. The van der Waals surface area contributed by atoms with Gasteiger partial charge in [0.05, 0.1) is 6.54 Å². The fourth-order valence-electron chi connectivity index (χ4n) is 4.03. The molecule has 1 aromatic rings. The zero-order valence-corrected chi connectivity index (χ0v) is 19.2. The number of aryl methyl sites for hydroxylation is 2. The minimum atomic E-state index is -3.45. The van der Waals surface area contributed by atoms with Crippen molar-refractivity contribution in [2.24, 2.45) is 0 Å². The second kappa shape index (κ2) is 10.5. The molecule has 31 heavy (non-hydrogen) atoms. The number of imide groups is 1. The predicted molar refractivity (Wildman–Crippen MR) is 120 cm³/mol. The van der Waals surface area contributed by atoms with Gasteiger partial charge in [-0.1, -0.05) is 30.5 Å². The molecule has 9 nitrogen and oxygen atoms in total. The summed E-state index contributed by atoms with van der Waals surface area (Å²) < 4.78 is 28.9. The van der Waals surface area contributed by atoms with Crippen LogP contribution in [0.25, 0.3) is 0 Å². The van der Waals surface area contributed by atoms with Crippen molar-refractivity contribution < 1.29 is 18.0 Å². The van der Waals surface area contributed by atoms with Crippen LogP contribution in [0.15, 0.2) is 18.2 Å². The highest BCUT2D eigenvalue weighted by Gasteiger charge is 2.32. The molecule has 2 fully saturated rings. The van der Waals surface area contributed by atoms with E-state index in [1.165, 1.54) is 4.31 Å². The Morgan fingerprint density at radius 3 is 2.13 bits per heavy atom. The smallest absolute Gasteiger partial charge is 0.307 e. The molecule has 2 N–H and O–H groups in total. The van der Waals surface area contributed by atoms with E-state index in [4.69, 9.17) is 0 Å². The van der Waals surface area contributed by atoms with Crippen molar-refractivity contribution in [2.45, 2.75) is 39.5 Å². The molecule has 0 unspecified atom stereocenters. The van der Waals surface area contributed by atoms with E-state index >= 15 is 0 Å². The summed E-state index contributed by atoms with van der Waals surface area (Å²) in [4.78, 5) is 26.3. The number of carbonyl (C=O) groups is 2. The van der Waals surface area contributed by atoms with E-state index < -0.39 is 22.1 Å². The second-order valence-corrected chi connectivity index (χ2v) is 10.2. The summed E-state index contributed by atoms with van der Waals surface area (Å²) in [6.45, 7) is 6.70. The molecule has 3 amide bonds. The van der Waals surface area contributed by atoms with Crippen molar-refractivity contribution in [1.29, 1.82) is 0 Å². The van der Waals surface area contributed by atoms with Crippen LogP contribution in [0.2, 0.25) is 0 Å². The lowest BCUT2D eigenvalue weighted by atomic mass is 10.1. The van der Waals surface area contributed by atoms with Crippen LogP contribution in [-0.2, 0) is 15.0 Å². The largest absolute Gasteiger partial charge is 0.325 e. The minimum absolute atomic E-state index is 0.0535. The summed E-state index contributed by atoms with van der Waals surface area (Å²) in [7, 11) is -3.45. The average Bonchev–Trinajstić information content (AvgIpc) is 3.00. The summed E-state index contributed by atoms with van der Waals surface area (Å²) >= 11 is 0. The van der Waals surface area contributed by atoms with Crippen LogP contribution in [0.3, 0.4) is 0 Å². The number of urea groups is 1. The van der Waals surface area contributed by atoms with Crippen LogP contribution < -0.4 is 10.6 Å². The molecular weight excluding hydrogens is 418 g/mol. The first-order valence-electron chi connectivity index (χ1n) is 10.9. The maximum atomic E-state index is 12.9. The van der Waals surface area contributed by atoms with Crippen LogP contribution in [0, 0.1) is 13.8 Å². The van der Waals surface area contributed by atoms with Crippen LogP contribution >= 0.6 is 0 Å². The first-order valence-corrected chi connectivity index (χ1v) is 12.3. The molecule has 2 heterocycles. The fourth-order valence-corrected chi connectivity index (χ4v) is 5.70. The molecule has 0 bridgehead atoms. The van der Waals surface area contributed by atoms with Crippen molar-refractivity contribution in [2.75, 3.05) is 51.1 Å². The number of anilines is 1. The summed E-state index contributed by atoms with van der Waals surface area (Å²) in [6, 6.07) is 5.08. The van der Waals surface area contributed by atoms with Crippen molar-refractivity contribution in [3.8, 4) is 0 Å². The normalized spacial score (nSPS) is 19.5. The molecule has 0 aliphatic carbocycles. The average molecular weight is 452 g/mol. The van der Waals surface area contributed by atoms with E-state index in [0.717, 1.165) is 36.8 Å². The van der Waals surface area contributed by atoms with Crippen LogP contribution in [0.4, 0.5) is 10.5 Å². The third-order valence-electron chi connectivity index (χ3n) is 5.80. The Morgan fingerprint density at radius 2 is 1.52 bits per heavy atom. The highest BCUT2D eigenvalue weighted by Crippen LogP contribution is 2.18. The number of amides is 3. The van der Waals surface area contributed by atoms with E-state index in [0.29, 0.717) is 45.0 Å². The topological polar surface area (TPSA) is 102 Å². The molecule has 1 aromatic carbocycles. The van der Waals surface area contributed by atoms with Gasteiger partial charge in [0.1, 0.15) is 0 Å². The lowest BCUT2D eigenvalue weighted by Crippen LogP contribution is -2.54. The van der Waals surface area contributed by atoms with E-state index in [1.54, 1.807) is 10.4 Å². The Morgan fingerprint density at radius 1 is 0.903 bits per heavy atom. The van der Waals surface area contributed by atoms with E-state index in [2.05, 4.69) is 10.6 Å². The maximum Gasteiger partial charge on any atom is 0.325 e. The molecule has 0 radical (unpaired) electrons. The number of nitrogens with one attached hydrogen (secondary N) is 2. The van der Waals surface area contributed by atoms with Crippen molar-refractivity contribution in [3.05, 3.63) is 29.3 Å². The second-order valence-electron chi connectivity index (χ2n) is 8.32. The number of rotatable bonds is 5. The van der Waals surface area contributed by atoms with Crippen LogP contribution in [-0.4, -0.2) is 79.7 Å². The molecule has 10 heteroatoms. The molecule has 2 saturated heterocycles. The number of nitrogens with zero attached hydrogens (tertiary/aromatic N) is 3. The third-order valence-corrected chi connectivity index (χ3v) is 7.83. The van der Waals surface area contributed by atoms with Crippen molar-refractivity contribution in [1.82, 2.24) is 18.8 Å². The number of piperazine rings is 1. The number of carbonyl (C=O) groups excluding carboxylic acids is 2. The highest BCUT2D eigenvalue weighted by molar-refractivity contribution is 7.86. The Balaban J connectivity index is 1.44. The zero-order chi connectivity index (χ0) is 22.4. The maximum absolute atomic E-state index is 12.9. The van der Waals surface area contributed by atoms with Gasteiger partial charge in [0.25, 0.3) is 10.2 Å². The summed E-state index contributed by atoms with van der Waals surface area (Å²) in [5, 5.41) is 5.04. The first-order chi connectivity index (χ1) is 14.8. The zero-order valence-electron chi connectivity index (χ0n) is 18.4. The van der Waals surface area contributed by atoms with E-state index in [-0.39, 0.29) is 6.54 Å². The number of benzene rings is 1. The molecule has 0 saturated carbocycles. The Kier molecular flexibility index (Phi) is 8.04. The highest BCUT2D eigenvalue weighted by atomic mass is 32.2. The predicted octanol–water partition coefficient (Wildman–Crippen LogP) is 1.69. The summed E-state index contributed by atoms with van der Waals surface area (Å²) in [6.07, 6.45) is 3.96. The van der Waals surface area contributed by atoms with Gasteiger partial charge in [-0.05, 0) is 38.3 Å². The third kappa shape index (κ3) is 6.49. The van der Waals surface area contributed by atoms with Crippen LogP contribution in [0.1, 0.15) is 36.8 Å². The Labute approximate surface area is 184 Å². The molecule has 0 aromatic heterocycles. The van der Waals surface area contributed by atoms with Gasteiger partial charge < -0.3 is 5.32 Å². The van der Waals surface area contributed by atoms with Crippen LogP contribution in [0.5, 0.6) is 0 Å². The Hall–Kier alpha value is -2.01. The SMILES string of the molecule is Cc1ccc(NC(=O)NC(=O)CN2CCN(S(=O)(=O)N3CCCCCC3)CC2)c(C)c1. The van der Waals surface area contributed by atoms with Crippen molar-refractivity contribution in [3.63, 3.8) is 0 Å². The molecule has 2 aliphatic rings. The standard InChI is InChI=1S/C21H33N5O4S/c1-17-7-8-19(18(2)15-17)22-21(28)23-20(27)16-24-11-13-26(14-12-24)31(29,30)25-9-5-3-4-6-10-25/h7-8,15H,3-6,9-14,16H2,1-2H3,(H2,22,23,27,28).